The van der Waals surface area contributed by atoms with Gasteiger partial charge in [0.15, 0.2) is 6.10 Å². The maximum Gasteiger partial charge on any atom is 0.306 e. The zero-order valence-electron chi connectivity index (χ0n) is 55.5. The molecule has 0 N–H and O–H groups in total. The maximum atomic E-state index is 12.9. The minimum absolute atomic E-state index is 0.0707. The van der Waals surface area contributed by atoms with E-state index in [9.17, 15) is 14.4 Å². The first-order valence-electron chi connectivity index (χ1n) is 37.0. The van der Waals surface area contributed by atoms with Crippen molar-refractivity contribution in [3.05, 3.63) is 36.5 Å². The van der Waals surface area contributed by atoms with E-state index >= 15 is 0 Å². The highest BCUT2D eigenvalue weighted by atomic mass is 16.6. The first-order valence-corrected chi connectivity index (χ1v) is 37.0. The van der Waals surface area contributed by atoms with Gasteiger partial charge in [-0.05, 0) is 96.3 Å². The summed E-state index contributed by atoms with van der Waals surface area (Å²) < 4.78 is 17.0. The minimum atomic E-state index is -0.776. The normalized spacial score (nSPS) is 12.2. The summed E-state index contributed by atoms with van der Waals surface area (Å²) in [5.74, 6) is -0.853. The van der Waals surface area contributed by atoms with Crippen molar-refractivity contribution in [3.63, 3.8) is 0 Å². The summed E-state index contributed by atoms with van der Waals surface area (Å²) >= 11 is 0. The highest BCUT2D eigenvalue weighted by Gasteiger charge is 2.19. The van der Waals surface area contributed by atoms with E-state index in [0.717, 1.165) is 64.2 Å². The van der Waals surface area contributed by atoms with Gasteiger partial charge in [-0.15, -0.1) is 0 Å². The van der Waals surface area contributed by atoms with Crippen LogP contribution in [0.1, 0.15) is 412 Å². The SMILES string of the molecule is CCCCCCC/C=C\CCCCCCCC(=O)OCC(COC(=O)CCCCCCCCCCCCCCCCCCCCC/C=C\CCCCCCCCCC)OC(=O)CCCCCCCCCCC/C=C\CCCCCCCC. The Morgan fingerprint density at radius 1 is 0.232 bits per heavy atom. The molecule has 6 nitrogen and oxygen atoms in total. The van der Waals surface area contributed by atoms with Gasteiger partial charge in [-0.2, -0.15) is 0 Å². The second kappa shape index (κ2) is 71.1. The number of esters is 3. The predicted octanol–water partition coefficient (Wildman–Crippen LogP) is 25.5. The molecule has 0 aromatic carbocycles. The molecule has 82 heavy (non-hydrogen) atoms. The van der Waals surface area contributed by atoms with Crippen molar-refractivity contribution in [1.29, 1.82) is 0 Å². The van der Waals surface area contributed by atoms with Gasteiger partial charge in [0.2, 0.25) is 0 Å². The molecule has 0 radical (unpaired) electrons. The summed E-state index contributed by atoms with van der Waals surface area (Å²) in [5.41, 5.74) is 0. The third-order valence-electron chi connectivity index (χ3n) is 16.8. The number of allylic oxidation sites excluding steroid dienone is 6. The number of carbonyl (C=O) groups excluding carboxylic acids is 3. The Kier molecular flexibility index (Phi) is 69.1. The van der Waals surface area contributed by atoms with Crippen LogP contribution in [0.5, 0.6) is 0 Å². The third kappa shape index (κ3) is 68.4. The Bertz CT molecular complexity index is 1370. The molecule has 0 saturated carbocycles. The number of carbonyl (C=O) groups is 3. The van der Waals surface area contributed by atoms with Crippen LogP contribution in [-0.4, -0.2) is 37.2 Å². The van der Waals surface area contributed by atoms with E-state index in [4.69, 9.17) is 14.2 Å². The van der Waals surface area contributed by atoms with Gasteiger partial charge < -0.3 is 14.2 Å². The van der Waals surface area contributed by atoms with E-state index in [1.165, 1.54) is 308 Å². The van der Waals surface area contributed by atoms with Crippen LogP contribution in [0.3, 0.4) is 0 Å². The molecule has 0 aromatic rings. The zero-order valence-corrected chi connectivity index (χ0v) is 55.5. The average Bonchev–Trinajstić information content (AvgIpc) is 3.47. The third-order valence-corrected chi connectivity index (χ3v) is 16.8. The van der Waals surface area contributed by atoms with Crippen LogP contribution in [0.25, 0.3) is 0 Å². The van der Waals surface area contributed by atoms with Gasteiger partial charge in [-0.25, -0.2) is 0 Å². The van der Waals surface area contributed by atoms with Gasteiger partial charge in [0.05, 0.1) is 0 Å². The molecular weight excluding hydrogens is 1010 g/mol. The van der Waals surface area contributed by atoms with E-state index in [2.05, 4.69) is 57.2 Å². The van der Waals surface area contributed by atoms with E-state index in [1.807, 2.05) is 0 Å². The molecule has 0 heterocycles. The van der Waals surface area contributed by atoms with E-state index < -0.39 is 6.10 Å². The molecular formula is C76H142O6. The van der Waals surface area contributed by atoms with Crippen LogP contribution in [0.2, 0.25) is 0 Å². The van der Waals surface area contributed by atoms with E-state index in [-0.39, 0.29) is 31.1 Å². The Labute approximate surface area is 512 Å². The first kappa shape index (κ1) is 79.6. The molecule has 0 aliphatic heterocycles. The van der Waals surface area contributed by atoms with Crippen LogP contribution in [0, 0.1) is 0 Å². The molecule has 0 spiro atoms. The number of hydrogen-bond acceptors (Lipinski definition) is 6. The summed E-state index contributed by atoms with van der Waals surface area (Å²) in [6.07, 6.45) is 89.1. The average molecular weight is 1150 g/mol. The van der Waals surface area contributed by atoms with Crippen LogP contribution in [0.4, 0.5) is 0 Å². The molecule has 0 aliphatic rings. The number of unbranched alkanes of at least 4 members (excludes halogenated alkanes) is 52. The standard InChI is InChI=1S/C76H142O6/c1-4-7-10-13-16-19-22-25-28-30-32-33-34-35-36-37-38-39-40-41-42-43-45-46-48-51-54-57-60-63-66-69-75(78)81-72-73(71-80-74(77)68-65-62-59-56-53-50-27-24-21-18-15-12-9-6-3)82-76(79)70-67-64-61-58-55-52-49-47-44-31-29-26-23-20-17-14-11-8-5-2/h24,26-27,29-30,32,73H,4-23,25,28,31,33-72H2,1-3H3/b27-24-,29-26-,32-30-. The highest BCUT2D eigenvalue weighted by Crippen LogP contribution is 2.18. The maximum absolute atomic E-state index is 12.9. The monoisotopic (exact) mass is 1150 g/mol. The van der Waals surface area contributed by atoms with Gasteiger partial charge >= 0.3 is 17.9 Å². The summed E-state index contributed by atoms with van der Waals surface area (Å²) in [6.45, 7) is 6.69. The van der Waals surface area contributed by atoms with Gasteiger partial charge in [-0.1, -0.05) is 333 Å². The lowest BCUT2D eigenvalue weighted by Crippen LogP contribution is -2.30. The summed E-state index contributed by atoms with van der Waals surface area (Å²) in [7, 11) is 0. The van der Waals surface area contributed by atoms with Crippen molar-refractivity contribution in [2.24, 2.45) is 0 Å². The van der Waals surface area contributed by atoms with Crippen LogP contribution < -0.4 is 0 Å². The molecule has 482 valence electrons. The molecule has 6 heteroatoms. The van der Waals surface area contributed by atoms with Crippen LogP contribution >= 0.6 is 0 Å². The zero-order chi connectivity index (χ0) is 59.2. The lowest BCUT2D eigenvalue weighted by atomic mass is 10.0. The second-order valence-corrected chi connectivity index (χ2v) is 25.2. The Balaban J connectivity index is 4.17. The molecule has 0 bridgehead atoms. The van der Waals surface area contributed by atoms with Crippen molar-refractivity contribution < 1.29 is 28.6 Å². The largest absolute Gasteiger partial charge is 0.462 e. The van der Waals surface area contributed by atoms with Gasteiger partial charge in [0.25, 0.3) is 0 Å². The Morgan fingerprint density at radius 2 is 0.402 bits per heavy atom. The Morgan fingerprint density at radius 3 is 0.610 bits per heavy atom. The van der Waals surface area contributed by atoms with Crippen molar-refractivity contribution in [2.75, 3.05) is 13.2 Å². The minimum Gasteiger partial charge on any atom is -0.462 e. The Hall–Kier alpha value is -2.37. The second-order valence-electron chi connectivity index (χ2n) is 25.2. The lowest BCUT2D eigenvalue weighted by molar-refractivity contribution is -0.167. The molecule has 0 rings (SSSR count). The van der Waals surface area contributed by atoms with Crippen LogP contribution in [0.15, 0.2) is 36.5 Å². The smallest absolute Gasteiger partial charge is 0.306 e. The highest BCUT2D eigenvalue weighted by molar-refractivity contribution is 5.71. The van der Waals surface area contributed by atoms with Crippen molar-refractivity contribution in [3.8, 4) is 0 Å². The molecule has 0 fully saturated rings. The lowest BCUT2D eigenvalue weighted by Gasteiger charge is -2.18. The fourth-order valence-corrected chi connectivity index (χ4v) is 11.3. The van der Waals surface area contributed by atoms with Gasteiger partial charge in [0.1, 0.15) is 13.2 Å². The van der Waals surface area contributed by atoms with E-state index in [0.29, 0.717) is 19.3 Å². The number of ether oxygens (including phenoxy) is 3. The summed E-state index contributed by atoms with van der Waals surface area (Å²) in [5, 5.41) is 0. The number of rotatable bonds is 69. The summed E-state index contributed by atoms with van der Waals surface area (Å²) in [6, 6.07) is 0. The van der Waals surface area contributed by atoms with E-state index in [1.54, 1.807) is 0 Å². The topological polar surface area (TPSA) is 78.9 Å². The van der Waals surface area contributed by atoms with Gasteiger partial charge in [-0.3, -0.25) is 14.4 Å². The molecule has 0 amide bonds. The van der Waals surface area contributed by atoms with Crippen molar-refractivity contribution >= 4 is 17.9 Å². The molecule has 0 aromatic heterocycles. The van der Waals surface area contributed by atoms with Crippen LogP contribution in [-0.2, 0) is 28.6 Å². The van der Waals surface area contributed by atoms with Crippen molar-refractivity contribution in [1.82, 2.24) is 0 Å². The molecule has 1 atom stereocenters. The quantitative estimate of drug-likeness (QED) is 0.0261. The summed E-state index contributed by atoms with van der Waals surface area (Å²) in [4.78, 5) is 38.4. The van der Waals surface area contributed by atoms with Crippen molar-refractivity contribution in [2.45, 2.75) is 419 Å². The first-order chi connectivity index (χ1) is 40.5. The molecule has 1 unspecified atom stereocenters. The molecule has 0 aliphatic carbocycles. The van der Waals surface area contributed by atoms with Gasteiger partial charge in [0, 0.05) is 19.3 Å². The number of hydrogen-bond donors (Lipinski definition) is 0. The molecule has 0 saturated heterocycles. The fourth-order valence-electron chi connectivity index (χ4n) is 11.3. The predicted molar refractivity (Wildman–Crippen MR) is 358 cm³/mol. The fraction of sp³-hybridized carbons (Fsp3) is 0.882.